The van der Waals surface area contributed by atoms with E-state index in [2.05, 4.69) is 24.1 Å². The number of hydrogen-bond acceptors (Lipinski definition) is 3. The van der Waals surface area contributed by atoms with Crippen molar-refractivity contribution in [3.05, 3.63) is 12.7 Å². The van der Waals surface area contributed by atoms with Crippen molar-refractivity contribution in [3.8, 4) is 0 Å². The van der Waals surface area contributed by atoms with Crippen LogP contribution in [0.1, 0.15) is 41.0 Å². The quantitative estimate of drug-likeness (QED) is 0.703. The second-order valence-corrected chi connectivity index (χ2v) is 5.38. The molecule has 4 nitrogen and oxygen atoms in total. The SMILES string of the molecule is C=CCC(C)NC(C)CNC(=O)OC(C)(C)C. The van der Waals surface area contributed by atoms with Crippen LogP contribution in [0.2, 0.25) is 0 Å². The Morgan fingerprint density at radius 1 is 1.35 bits per heavy atom. The largest absolute Gasteiger partial charge is 0.444 e. The van der Waals surface area contributed by atoms with Crippen LogP contribution in [0.15, 0.2) is 12.7 Å². The Bertz CT molecular complexity index is 246. The lowest BCUT2D eigenvalue weighted by Crippen LogP contribution is -2.44. The van der Waals surface area contributed by atoms with Crippen LogP contribution >= 0.6 is 0 Å². The van der Waals surface area contributed by atoms with Gasteiger partial charge >= 0.3 is 6.09 Å². The highest BCUT2D eigenvalue weighted by Crippen LogP contribution is 2.06. The maximum absolute atomic E-state index is 11.4. The molecule has 1 amide bonds. The third kappa shape index (κ3) is 9.87. The Balaban J connectivity index is 3.80. The molecular weight excluding hydrogens is 216 g/mol. The van der Waals surface area contributed by atoms with Crippen molar-refractivity contribution in [3.63, 3.8) is 0 Å². The lowest BCUT2D eigenvalue weighted by molar-refractivity contribution is 0.0522. The monoisotopic (exact) mass is 242 g/mol. The Morgan fingerprint density at radius 3 is 2.41 bits per heavy atom. The lowest BCUT2D eigenvalue weighted by atomic mass is 10.2. The predicted octanol–water partition coefficient (Wildman–Crippen LogP) is 2.45. The molecular formula is C13H26N2O2. The van der Waals surface area contributed by atoms with Crippen LogP contribution in [-0.2, 0) is 4.74 Å². The summed E-state index contributed by atoms with van der Waals surface area (Å²) in [5.74, 6) is 0. The Kier molecular flexibility index (Phi) is 6.88. The first kappa shape index (κ1) is 16.0. The van der Waals surface area contributed by atoms with Gasteiger partial charge in [-0.25, -0.2) is 4.79 Å². The summed E-state index contributed by atoms with van der Waals surface area (Å²) >= 11 is 0. The fourth-order valence-corrected chi connectivity index (χ4v) is 1.41. The maximum Gasteiger partial charge on any atom is 0.407 e. The number of rotatable bonds is 6. The number of ether oxygens (including phenoxy) is 1. The highest BCUT2D eigenvalue weighted by molar-refractivity contribution is 5.67. The summed E-state index contributed by atoms with van der Waals surface area (Å²) in [6.07, 6.45) is 2.42. The molecule has 0 radical (unpaired) electrons. The molecule has 2 unspecified atom stereocenters. The second kappa shape index (κ2) is 7.33. The molecule has 0 aromatic carbocycles. The average Bonchev–Trinajstić information content (AvgIpc) is 2.12. The minimum absolute atomic E-state index is 0.206. The topological polar surface area (TPSA) is 50.4 Å². The lowest BCUT2D eigenvalue weighted by Gasteiger charge is -2.22. The zero-order valence-electron chi connectivity index (χ0n) is 11.7. The van der Waals surface area contributed by atoms with Crippen molar-refractivity contribution >= 4 is 6.09 Å². The Morgan fingerprint density at radius 2 is 1.94 bits per heavy atom. The van der Waals surface area contributed by atoms with E-state index in [9.17, 15) is 4.79 Å². The molecule has 17 heavy (non-hydrogen) atoms. The first-order chi connectivity index (χ1) is 7.74. The van der Waals surface area contributed by atoms with Gasteiger partial charge in [-0.2, -0.15) is 0 Å². The summed E-state index contributed by atoms with van der Waals surface area (Å²) in [5.41, 5.74) is -0.448. The molecule has 0 aliphatic rings. The van der Waals surface area contributed by atoms with Gasteiger partial charge in [-0.1, -0.05) is 6.08 Å². The summed E-state index contributed by atoms with van der Waals surface area (Å²) in [6.45, 7) is 13.9. The van der Waals surface area contributed by atoms with Crippen molar-refractivity contribution in [1.29, 1.82) is 0 Å². The Labute approximate surface area is 105 Å². The molecule has 4 heteroatoms. The molecule has 0 aromatic rings. The van der Waals surface area contributed by atoms with Gasteiger partial charge in [0.15, 0.2) is 0 Å². The molecule has 2 atom stereocenters. The highest BCUT2D eigenvalue weighted by Gasteiger charge is 2.16. The van der Waals surface area contributed by atoms with Gasteiger partial charge in [-0.15, -0.1) is 6.58 Å². The van der Waals surface area contributed by atoms with Crippen LogP contribution in [0.3, 0.4) is 0 Å². The molecule has 0 aromatic heterocycles. The van der Waals surface area contributed by atoms with E-state index in [1.165, 1.54) is 0 Å². The van der Waals surface area contributed by atoms with Gasteiger partial charge in [0.2, 0.25) is 0 Å². The van der Waals surface area contributed by atoms with E-state index in [-0.39, 0.29) is 12.1 Å². The van der Waals surface area contributed by atoms with Crippen LogP contribution in [0.5, 0.6) is 0 Å². The maximum atomic E-state index is 11.4. The molecule has 0 bridgehead atoms. The van der Waals surface area contributed by atoms with Crippen LogP contribution in [0.25, 0.3) is 0 Å². The number of hydrogen-bond donors (Lipinski definition) is 2. The zero-order chi connectivity index (χ0) is 13.5. The van der Waals surface area contributed by atoms with Crippen LogP contribution in [0, 0.1) is 0 Å². The molecule has 0 fully saturated rings. The van der Waals surface area contributed by atoms with E-state index in [0.717, 1.165) is 6.42 Å². The molecule has 0 aliphatic heterocycles. The van der Waals surface area contributed by atoms with Crippen molar-refractivity contribution in [2.75, 3.05) is 6.54 Å². The molecule has 0 saturated heterocycles. The molecule has 0 rings (SSSR count). The average molecular weight is 242 g/mol. The smallest absolute Gasteiger partial charge is 0.407 e. The van der Waals surface area contributed by atoms with Crippen molar-refractivity contribution < 1.29 is 9.53 Å². The minimum Gasteiger partial charge on any atom is -0.444 e. The summed E-state index contributed by atoms with van der Waals surface area (Å²) < 4.78 is 5.15. The van der Waals surface area contributed by atoms with Crippen molar-refractivity contribution in [1.82, 2.24) is 10.6 Å². The molecule has 0 spiro atoms. The van der Waals surface area contributed by atoms with Gasteiger partial charge in [0.05, 0.1) is 0 Å². The molecule has 0 heterocycles. The number of nitrogens with one attached hydrogen (secondary N) is 2. The van der Waals surface area contributed by atoms with Gasteiger partial charge < -0.3 is 15.4 Å². The van der Waals surface area contributed by atoms with E-state index < -0.39 is 5.60 Å². The third-order valence-corrected chi connectivity index (χ3v) is 2.04. The zero-order valence-corrected chi connectivity index (χ0v) is 11.7. The van der Waals surface area contributed by atoms with Gasteiger partial charge in [0.1, 0.15) is 5.60 Å². The minimum atomic E-state index is -0.448. The van der Waals surface area contributed by atoms with E-state index in [1.807, 2.05) is 33.8 Å². The summed E-state index contributed by atoms with van der Waals surface area (Å²) in [7, 11) is 0. The molecule has 100 valence electrons. The van der Waals surface area contributed by atoms with Gasteiger partial charge in [0, 0.05) is 18.6 Å². The summed E-state index contributed by atoms with van der Waals surface area (Å²) in [5, 5.41) is 6.09. The highest BCUT2D eigenvalue weighted by atomic mass is 16.6. The summed E-state index contributed by atoms with van der Waals surface area (Å²) in [4.78, 5) is 11.4. The fourth-order valence-electron chi connectivity index (χ4n) is 1.41. The van der Waals surface area contributed by atoms with Crippen LogP contribution < -0.4 is 10.6 Å². The van der Waals surface area contributed by atoms with E-state index in [1.54, 1.807) is 0 Å². The first-order valence-corrected chi connectivity index (χ1v) is 6.08. The van der Waals surface area contributed by atoms with E-state index in [0.29, 0.717) is 12.6 Å². The van der Waals surface area contributed by atoms with E-state index in [4.69, 9.17) is 4.74 Å². The summed E-state index contributed by atoms with van der Waals surface area (Å²) in [6, 6.07) is 0.570. The van der Waals surface area contributed by atoms with Crippen LogP contribution in [0.4, 0.5) is 4.79 Å². The standard InChI is InChI=1S/C13H26N2O2/c1-7-8-10(2)15-11(3)9-14-12(16)17-13(4,5)6/h7,10-11,15H,1,8-9H2,2-6H3,(H,14,16). The number of carbonyl (C=O) groups excluding carboxylic acids is 1. The first-order valence-electron chi connectivity index (χ1n) is 6.08. The molecule has 2 N–H and O–H groups in total. The second-order valence-electron chi connectivity index (χ2n) is 5.38. The van der Waals surface area contributed by atoms with Crippen molar-refractivity contribution in [2.45, 2.75) is 58.7 Å². The van der Waals surface area contributed by atoms with E-state index >= 15 is 0 Å². The molecule has 0 aliphatic carbocycles. The number of amides is 1. The fraction of sp³-hybridized carbons (Fsp3) is 0.769. The Hall–Kier alpha value is -1.03. The molecule has 0 saturated carbocycles. The normalized spacial score (nSPS) is 14.9. The van der Waals surface area contributed by atoms with Crippen LogP contribution in [-0.4, -0.2) is 30.3 Å². The van der Waals surface area contributed by atoms with Crippen molar-refractivity contribution in [2.24, 2.45) is 0 Å². The predicted molar refractivity (Wildman–Crippen MR) is 71.1 cm³/mol. The van der Waals surface area contributed by atoms with Gasteiger partial charge in [-0.3, -0.25) is 0 Å². The number of alkyl carbamates (subject to hydrolysis) is 1. The van der Waals surface area contributed by atoms with Gasteiger partial charge in [-0.05, 0) is 41.0 Å². The number of carbonyl (C=O) groups is 1. The van der Waals surface area contributed by atoms with Gasteiger partial charge in [0.25, 0.3) is 0 Å². The third-order valence-electron chi connectivity index (χ3n) is 2.04.